The molecule has 1 aromatic heterocycles. The third kappa shape index (κ3) is 4.83. The molecule has 2 aromatic rings. The van der Waals surface area contributed by atoms with E-state index in [1.54, 1.807) is 36.5 Å². The lowest BCUT2D eigenvalue weighted by atomic mass is 9.75. The zero-order valence-electron chi connectivity index (χ0n) is 19.4. The first-order chi connectivity index (χ1) is 15.9. The minimum absolute atomic E-state index is 0.00381. The molecule has 0 saturated carbocycles. The number of aromatic nitrogens is 1. The number of amides is 3. The summed E-state index contributed by atoms with van der Waals surface area (Å²) in [6.45, 7) is 1.85. The molecule has 0 spiro atoms. The van der Waals surface area contributed by atoms with Crippen molar-refractivity contribution in [1.82, 2.24) is 19.7 Å². The molecule has 3 amide bonds. The molecule has 2 unspecified atom stereocenters. The number of pyridine rings is 1. The molecule has 7 heteroatoms. The third-order valence-corrected chi connectivity index (χ3v) is 7.11. The lowest BCUT2D eigenvalue weighted by molar-refractivity contribution is -0.143. The Morgan fingerprint density at radius 2 is 1.85 bits per heavy atom. The summed E-state index contributed by atoms with van der Waals surface area (Å²) >= 11 is 0. The van der Waals surface area contributed by atoms with Crippen molar-refractivity contribution in [3.63, 3.8) is 0 Å². The first kappa shape index (κ1) is 23.1. The smallest absolute Gasteiger partial charge is 0.241 e. The predicted octanol–water partition coefficient (Wildman–Crippen LogP) is 2.61. The van der Waals surface area contributed by atoms with E-state index in [-0.39, 0.29) is 37.1 Å². The molecule has 4 rings (SSSR count). The highest BCUT2D eigenvalue weighted by atomic mass is 16.2. The number of carbonyl (C=O) groups is 3. The molecule has 0 bridgehead atoms. The lowest BCUT2D eigenvalue weighted by Crippen LogP contribution is -2.47. The molecule has 3 heterocycles. The quantitative estimate of drug-likeness (QED) is 0.609. The highest BCUT2D eigenvalue weighted by Crippen LogP contribution is 2.41. The molecular weight excluding hydrogens is 416 g/mol. The molecule has 0 radical (unpaired) electrons. The Morgan fingerprint density at radius 1 is 1.12 bits per heavy atom. The normalized spacial score (nSPS) is 23.7. The maximum atomic E-state index is 13.8. The van der Waals surface area contributed by atoms with Gasteiger partial charge in [0.15, 0.2) is 0 Å². The van der Waals surface area contributed by atoms with E-state index in [0.717, 1.165) is 24.1 Å². The van der Waals surface area contributed by atoms with Crippen LogP contribution in [0.1, 0.15) is 43.2 Å². The Balaban J connectivity index is 1.57. The maximum absolute atomic E-state index is 13.8. The van der Waals surface area contributed by atoms with Crippen LogP contribution in [0.15, 0.2) is 54.9 Å². The number of imide groups is 1. The number of hydrogen-bond acceptors (Lipinski definition) is 5. The van der Waals surface area contributed by atoms with Crippen molar-refractivity contribution in [3.8, 4) is 0 Å². The number of benzene rings is 1. The van der Waals surface area contributed by atoms with Gasteiger partial charge in [0.1, 0.15) is 0 Å². The van der Waals surface area contributed by atoms with Crippen LogP contribution in [0.3, 0.4) is 0 Å². The molecule has 7 nitrogen and oxygen atoms in total. The minimum Gasteiger partial charge on any atom is -0.344 e. The van der Waals surface area contributed by atoms with Crippen LogP contribution < -0.4 is 0 Å². The fourth-order valence-corrected chi connectivity index (χ4v) is 5.04. The molecule has 2 fully saturated rings. The van der Waals surface area contributed by atoms with E-state index in [0.29, 0.717) is 12.6 Å². The van der Waals surface area contributed by atoms with E-state index < -0.39 is 5.41 Å². The molecule has 0 aliphatic carbocycles. The van der Waals surface area contributed by atoms with Gasteiger partial charge in [0.05, 0.1) is 12.0 Å². The summed E-state index contributed by atoms with van der Waals surface area (Å²) in [5.74, 6) is -0.653. The van der Waals surface area contributed by atoms with Gasteiger partial charge in [-0.25, -0.2) is 0 Å². The number of hydrogen-bond donors (Lipinski definition) is 0. The van der Waals surface area contributed by atoms with Crippen LogP contribution in [0, 0.1) is 0 Å². The first-order valence-electron chi connectivity index (χ1n) is 11.6. The molecule has 174 valence electrons. The summed E-state index contributed by atoms with van der Waals surface area (Å²) in [5, 5.41) is 0. The zero-order valence-corrected chi connectivity index (χ0v) is 19.4. The van der Waals surface area contributed by atoms with Crippen LogP contribution in [-0.2, 0) is 26.3 Å². The molecular formula is C26H32N4O3. The Kier molecular flexibility index (Phi) is 6.88. The number of nitrogens with zero attached hydrogens (tertiary/aromatic N) is 4. The van der Waals surface area contributed by atoms with Crippen molar-refractivity contribution >= 4 is 17.7 Å². The average molecular weight is 449 g/mol. The first-order valence-corrected chi connectivity index (χ1v) is 11.6. The highest BCUT2D eigenvalue weighted by Gasteiger charge is 2.54. The van der Waals surface area contributed by atoms with E-state index in [1.807, 2.05) is 30.3 Å². The molecule has 2 aliphatic rings. The summed E-state index contributed by atoms with van der Waals surface area (Å²) in [6, 6.07) is 13.2. The molecule has 33 heavy (non-hydrogen) atoms. The van der Waals surface area contributed by atoms with E-state index >= 15 is 0 Å². The van der Waals surface area contributed by atoms with Crippen molar-refractivity contribution in [2.45, 2.75) is 50.1 Å². The van der Waals surface area contributed by atoms with Crippen molar-refractivity contribution in [3.05, 3.63) is 66.0 Å². The zero-order chi connectivity index (χ0) is 23.4. The number of likely N-dealkylation sites (N-methyl/N-ethyl adjacent to an activating group) is 2. The van der Waals surface area contributed by atoms with E-state index in [4.69, 9.17) is 0 Å². The predicted molar refractivity (Wildman–Crippen MR) is 125 cm³/mol. The standard InChI is InChI=1S/C26H32N4O3/c1-28-15-7-6-10-22(28)19-29(2)23(31)16-26(21-8-4-3-5-9-21)17-24(32)30(25(26)33)18-20-11-13-27-14-12-20/h3-5,8-9,11-14,22H,6-7,10,15-19H2,1-2H3. The fourth-order valence-electron chi connectivity index (χ4n) is 5.04. The summed E-state index contributed by atoms with van der Waals surface area (Å²) in [5.41, 5.74) is 0.381. The van der Waals surface area contributed by atoms with Crippen molar-refractivity contribution in [2.75, 3.05) is 27.2 Å². The van der Waals surface area contributed by atoms with Crippen molar-refractivity contribution in [2.24, 2.45) is 0 Å². The number of rotatable bonds is 7. The molecule has 2 saturated heterocycles. The largest absolute Gasteiger partial charge is 0.344 e. The summed E-state index contributed by atoms with van der Waals surface area (Å²) in [4.78, 5) is 49.5. The van der Waals surface area contributed by atoms with Crippen LogP contribution >= 0.6 is 0 Å². The van der Waals surface area contributed by atoms with Gasteiger partial charge in [-0.2, -0.15) is 0 Å². The van der Waals surface area contributed by atoms with Gasteiger partial charge in [-0.05, 0) is 49.7 Å². The van der Waals surface area contributed by atoms with Crippen molar-refractivity contribution in [1.29, 1.82) is 0 Å². The second kappa shape index (κ2) is 9.83. The second-order valence-electron chi connectivity index (χ2n) is 9.35. The monoisotopic (exact) mass is 448 g/mol. The van der Waals surface area contributed by atoms with Crippen LogP contribution in [0.5, 0.6) is 0 Å². The maximum Gasteiger partial charge on any atom is 0.241 e. The molecule has 2 aliphatic heterocycles. The Morgan fingerprint density at radius 3 is 2.55 bits per heavy atom. The summed E-state index contributed by atoms with van der Waals surface area (Å²) in [6.07, 6.45) is 6.70. The van der Waals surface area contributed by atoms with E-state index in [1.165, 1.54) is 17.7 Å². The Hall–Kier alpha value is -3.06. The van der Waals surface area contributed by atoms with Gasteiger partial charge in [0, 0.05) is 44.9 Å². The number of carbonyl (C=O) groups excluding carboxylic acids is 3. The summed E-state index contributed by atoms with van der Waals surface area (Å²) < 4.78 is 0. The van der Waals surface area contributed by atoms with Gasteiger partial charge in [-0.1, -0.05) is 36.8 Å². The molecule has 1 aromatic carbocycles. The van der Waals surface area contributed by atoms with Crippen LogP contribution in [0.25, 0.3) is 0 Å². The molecule has 0 N–H and O–H groups in total. The van der Waals surface area contributed by atoms with E-state index in [9.17, 15) is 14.4 Å². The Labute approximate surface area is 195 Å². The van der Waals surface area contributed by atoms with Gasteiger partial charge in [-0.15, -0.1) is 0 Å². The third-order valence-electron chi connectivity index (χ3n) is 7.11. The van der Waals surface area contributed by atoms with Crippen LogP contribution in [0.2, 0.25) is 0 Å². The number of likely N-dealkylation sites (tertiary alicyclic amines) is 2. The van der Waals surface area contributed by atoms with E-state index in [2.05, 4.69) is 16.9 Å². The fraction of sp³-hybridized carbons (Fsp3) is 0.462. The average Bonchev–Trinajstić information content (AvgIpc) is 3.06. The SMILES string of the molecule is CN(CC1CCCCN1C)C(=O)CC1(c2ccccc2)CC(=O)N(Cc2ccncc2)C1=O. The minimum atomic E-state index is -1.17. The van der Waals surface area contributed by atoms with Gasteiger partial charge in [0.25, 0.3) is 0 Å². The van der Waals surface area contributed by atoms with Crippen molar-refractivity contribution < 1.29 is 14.4 Å². The van der Waals surface area contributed by atoms with Gasteiger partial charge >= 0.3 is 0 Å². The molecule has 2 atom stereocenters. The lowest BCUT2D eigenvalue weighted by Gasteiger charge is -2.36. The topological polar surface area (TPSA) is 73.8 Å². The Bertz CT molecular complexity index is 997. The van der Waals surface area contributed by atoms with Gasteiger partial charge in [0.2, 0.25) is 17.7 Å². The summed E-state index contributed by atoms with van der Waals surface area (Å²) in [7, 11) is 3.91. The highest BCUT2D eigenvalue weighted by molar-refractivity contribution is 6.10. The van der Waals surface area contributed by atoms with Crippen LogP contribution in [0.4, 0.5) is 0 Å². The van der Waals surface area contributed by atoms with Gasteiger partial charge < -0.3 is 9.80 Å². The van der Waals surface area contributed by atoms with Crippen LogP contribution in [-0.4, -0.2) is 70.6 Å². The number of piperidine rings is 1. The second-order valence-corrected chi connectivity index (χ2v) is 9.35. The van der Waals surface area contributed by atoms with Gasteiger partial charge in [-0.3, -0.25) is 24.3 Å².